The van der Waals surface area contributed by atoms with Gasteiger partial charge in [-0.1, -0.05) is 18.2 Å². The van der Waals surface area contributed by atoms with Crippen molar-refractivity contribution in [1.29, 1.82) is 0 Å². The van der Waals surface area contributed by atoms with E-state index in [9.17, 15) is 9.18 Å². The van der Waals surface area contributed by atoms with Gasteiger partial charge in [0.2, 0.25) is 5.91 Å². The number of anilines is 1. The highest BCUT2D eigenvalue weighted by atomic mass is 32.2. The lowest BCUT2D eigenvalue weighted by Crippen LogP contribution is -2.33. The van der Waals surface area contributed by atoms with E-state index in [1.165, 1.54) is 17.0 Å². The molecule has 1 atom stereocenters. The molecule has 0 saturated heterocycles. The van der Waals surface area contributed by atoms with Crippen LogP contribution in [0.2, 0.25) is 0 Å². The fourth-order valence-corrected chi connectivity index (χ4v) is 3.22. The molecule has 0 aromatic heterocycles. The molecule has 0 bridgehead atoms. The summed E-state index contributed by atoms with van der Waals surface area (Å²) in [6.07, 6.45) is 2.64. The lowest BCUT2D eigenvalue weighted by molar-refractivity contribution is -0.120. The Hall–Kier alpha value is -1.81. The monoisotopic (exact) mass is 301 g/mol. The van der Waals surface area contributed by atoms with Crippen molar-refractivity contribution in [2.75, 3.05) is 11.6 Å². The van der Waals surface area contributed by atoms with Crippen LogP contribution >= 0.6 is 11.8 Å². The molecule has 2 aromatic carbocycles. The molecule has 1 amide bonds. The third-order valence-corrected chi connectivity index (χ3v) is 4.79. The van der Waals surface area contributed by atoms with Gasteiger partial charge in [0.25, 0.3) is 0 Å². The standard InChI is InChI=1S/C17H16FNOS/c1-17(10-11-3-6-13(21-2)7-4-11)14-8-5-12(18)9-15(14)19-16(17)20/h3-9H,10H2,1-2H3,(H,19,20). The van der Waals surface area contributed by atoms with Crippen molar-refractivity contribution in [2.24, 2.45) is 0 Å². The average molecular weight is 301 g/mol. The second-order valence-corrected chi connectivity index (χ2v) is 6.38. The minimum Gasteiger partial charge on any atom is -0.325 e. The van der Waals surface area contributed by atoms with Crippen LogP contribution in [-0.4, -0.2) is 12.2 Å². The number of fused-ring (bicyclic) bond motifs is 1. The number of carbonyl (C=O) groups excluding carboxylic acids is 1. The van der Waals surface area contributed by atoms with Gasteiger partial charge < -0.3 is 5.32 Å². The Kier molecular flexibility index (Phi) is 3.49. The maximum Gasteiger partial charge on any atom is 0.235 e. The predicted octanol–water partition coefficient (Wildman–Crippen LogP) is 4.00. The Morgan fingerprint density at radius 2 is 1.90 bits per heavy atom. The molecule has 0 aliphatic carbocycles. The van der Waals surface area contributed by atoms with Gasteiger partial charge in [0.1, 0.15) is 5.82 Å². The number of thioether (sulfide) groups is 1. The largest absolute Gasteiger partial charge is 0.325 e. The summed E-state index contributed by atoms with van der Waals surface area (Å²) in [4.78, 5) is 13.6. The van der Waals surface area contributed by atoms with Crippen LogP contribution in [0.25, 0.3) is 0 Å². The van der Waals surface area contributed by atoms with E-state index in [1.807, 2.05) is 25.3 Å². The van der Waals surface area contributed by atoms with Crippen LogP contribution in [0.1, 0.15) is 18.1 Å². The highest BCUT2D eigenvalue weighted by Gasteiger charge is 2.42. The van der Waals surface area contributed by atoms with Gasteiger partial charge in [-0.3, -0.25) is 4.79 Å². The third-order valence-electron chi connectivity index (χ3n) is 4.04. The smallest absolute Gasteiger partial charge is 0.235 e. The molecule has 1 heterocycles. The molecule has 4 heteroatoms. The van der Waals surface area contributed by atoms with E-state index in [-0.39, 0.29) is 11.7 Å². The average Bonchev–Trinajstić information content (AvgIpc) is 2.70. The molecule has 0 radical (unpaired) electrons. The van der Waals surface area contributed by atoms with Crippen molar-refractivity contribution in [3.63, 3.8) is 0 Å². The molecule has 0 spiro atoms. The molecular formula is C17H16FNOS. The first-order valence-electron chi connectivity index (χ1n) is 6.77. The van der Waals surface area contributed by atoms with Gasteiger partial charge in [-0.2, -0.15) is 0 Å². The summed E-state index contributed by atoms with van der Waals surface area (Å²) < 4.78 is 13.3. The van der Waals surface area contributed by atoms with Gasteiger partial charge in [0.05, 0.1) is 5.41 Å². The SMILES string of the molecule is CSc1ccc(CC2(C)C(=O)Nc3cc(F)ccc32)cc1. The van der Waals surface area contributed by atoms with Crippen molar-refractivity contribution >= 4 is 23.4 Å². The summed E-state index contributed by atoms with van der Waals surface area (Å²) in [7, 11) is 0. The number of hydrogen-bond donors (Lipinski definition) is 1. The Labute approximate surface area is 127 Å². The molecule has 108 valence electrons. The van der Waals surface area contributed by atoms with Gasteiger partial charge in [0.15, 0.2) is 0 Å². The van der Waals surface area contributed by atoms with Crippen molar-refractivity contribution in [2.45, 2.75) is 23.7 Å². The highest BCUT2D eigenvalue weighted by molar-refractivity contribution is 7.98. The minimum absolute atomic E-state index is 0.0722. The maximum atomic E-state index is 13.3. The molecule has 0 fully saturated rings. The van der Waals surface area contributed by atoms with Gasteiger partial charge in [-0.25, -0.2) is 4.39 Å². The molecule has 2 nitrogen and oxygen atoms in total. The molecule has 1 N–H and O–H groups in total. The van der Waals surface area contributed by atoms with E-state index in [2.05, 4.69) is 17.4 Å². The molecule has 1 aliphatic rings. The summed E-state index contributed by atoms with van der Waals surface area (Å²) in [6, 6.07) is 12.7. The van der Waals surface area contributed by atoms with Crippen molar-refractivity contribution in [1.82, 2.24) is 0 Å². The molecular weight excluding hydrogens is 285 g/mol. The topological polar surface area (TPSA) is 29.1 Å². The molecule has 0 saturated carbocycles. The first kappa shape index (κ1) is 14.1. The van der Waals surface area contributed by atoms with E-state index >= 15 is 0 Å². The molecule has 3 rings (SSSR count). The van der Waals surface area contributed by atoms with Crippen LogP contribution in [0.5, 0.6) is 0 Å². The second kappa shape index (κ2) is 5.19. The minimum atomic E-state index is -0.649. The fourth-order valence-electron chi connectivity index (χ4n) is 2.81. The van der Waals surface area contributed by atoms with Crippen LogP contribution in [0.4, 0.5) is 10.1 Å². The summed E-state index contributed by atoms with van der Waals surface area (Å²) >= 11 is 1.69. The zero-order chi connectivity index (χ0) is 15.0. The van der Waals surface area contributed by atoms with Crippen LogP contribution in [-0.2, 0) is 16.6 Å². The zero-order valence-electron chi connectivity index (χ0n) is 11.9. The van der Waals surface area contributed by atoms with Gasteiger partial charge in [-0.05, 0) is 55.0 Å². The summed E-state index contributed by atoms with van der Waals surface area (Å²) in [5, 5.41) is 2.79. The molecule has 1 unspecified atom stereocenters. The Balaban J connectivity index is 1.95. The quantitative estimate of drug-likeness (QED) is 0.868. The second-order valence-electron chi connectivity index (χ2n) is 5.50. The van der Waals surface area contributed by atoms with Crippen LogP contribution < -0.4 is 5.32 Å². The van der Waals surface area contributed by atoms with E-state index in [1.54, 1.807) is 17.8 Å². The van der Waals surface area contributed by atoms with Crippen LogP contribution in [0.3, 0.4) is 0 Å². The van der Waals surface area contributed by atoms with Crippen molar-refractivity contribution < 1.29 is 9.18 Å². The lowest BCUT2D eigenvalue weighted by atomic mass is 9.78. The fraction of sp³-hybridized carbons (Fsp3) is 0.235. The maximum absolute atomic E-state index is 13.3. The first-order valence-corrected chi connectivity index (χ1v) is 8.00. The summed E-state index contributed by atoms with van der Waals surface area (Å²) in [6.45, 7) is 1.91. The zero-order valence-corrected chi connectivity index (χ0v) is 12.8. The number of halogens is 1. The van der Waals surface area contributed by atoms with Gasteiger partial charge in [0, 0.05) is 10.6 Å². The number of amides is 1. The number of carbonyl (C=O) groups is 1. The molecule has 21 heavy (non-hydrogen) atoms. The highest BCUT2D eigenvalue weighted by Crippen LogP contribution is 2.40. The van der Waals surface area contributed by atoms with Crippen LogP contribution in [0.15, 0.2) is 47.4 Å². The van der Waals surface area contributed by atoms with Crippen molar-refractivity contribution in [3.05, 3.63) is 59.4 Å². The van der Waals surface area contributed by atoms with E-state index < -0.39 is 5.41 Å². The lowest BCUT2D eigenvalue weighted by Gasteiger charge is -2.22. The number of rotatable bonds is 3. The number of hydrogen-bond acceptors (Lipinski definition) is 2. The van der Waals surface area contributed by atoms with Crippen molar-refractivity contribution in [3.8, 4) is 0 Å². The number of nitrogens with one attached hydrogen (secondary N) is 1. The first-order chi connectivity index (χ1) is 10.0. The third kappa shape index (κ3) is 2.44. The molecule has 1 aliphatic heterocycles. The van der Waals surface area contributed by atoms with Crippen LogP contribution in [0, 0.1) is 5.82 Å². The van der Waals surface area contributed by atoms with E-state index in [0.29, 0.717) is 12.1 Å². The normalized spacial score (nSPS) is 20.2. The summed E-state index contributed by atoms with van der Waals surface area (Å²) in [5.41, 5.74) is 1.90. The van der Waals surface area contributed by atoms with E-state index in [4.69, 9.17) is 0 Å². The Morgan fingerprint density at radius 1 is 1.19 bits per heavy atom. The Bertz CT molecular complexity index is 698. The van der Waals surface area contributed by atoms with Gasteiger partial charge in [-0.15, -0.1) is 11.8 Å². The summed E-state index contributed by atoms with van der Waals surface area (Å²) in [5.74, 6) is -0.403. The van der Waals surface area contributed by atoms with Gasteiger partial charge >= 0.3 is 0 Å². The predicted molar refractivity (Wildman–Crippen MR) is 84.3 cm³/mol. The molecule has 2 aromatic rings. The number of benzene rings is 2. The van der Waals surface area contributed by atoms with E-state index in [0.717, 1.165) is 11.1 Å². The Morgan fingerprint density at radius 3 is 2.57 bits per heavy atom.